The second-order valence-electron chi connectivity index (χ2n) is 5.14. The first-order valence-electron chi connectivity index (χ1n) is 7.10. The molecule has 0 saturated carbocycles. The summed E-state index contributed by atoms with van der Waals surface area (Å²) in [5.41, 5.74) is 1.09. The van der Waals surface area contributed by atoms with Crippen molar-refractivity contribution in [1.82, 2.24) is 20.0 Å². The van der Waals surface area contributed by atoms with Crippen LogP contribution in [0.2, 0.25) is 0 Å². The Kier molecular flexibility index (Phi) is 7.70. The molecule has 0 aliphatic carbocycles. The predicted octanol–water partition coefficient (Wildman–Crippen LogP) is 1.52. The highest BCUT2D eigenvalue weighted by atomic mass is 16.5. The molecule has 5 heteroatoms. The van der Waals surface area contributed by atoms with Gasteiger partial charge >= 0.3 is 0 Å². The quantitative estimate of drug-likeness (QED) is 0.653. The Morgan fingerprint density at radius 3 is 2.89 bits per heavy atom. The van der Waals surface area contributed by atoms with Gasteiger partial charge in [-0.3, -0.25) is 4.68 Å². The summed E-state index contributed by atoms with van der Waals surface area (Å²) in [5.74, 6) is 0. The maximum absolute atomic E-state index is 5.51. The average Bonchev–Trinajstić information content (AvgIpc) is 2.85. The first-order chi connectivity index (χ1) is 9.13. The molecule has 0 aliphatic rings. The molecule has 0 amide bonds. The second kappa shape index (κ2) is 9.07. The Balaban J connectivity index is 2.08. The summed E-state index contributed by atoms with van der Waals surface area (Å²) < 4.78 is 7.55. The van der Waals surface area contributed by atoms with Crippen LogP contribution in [0.15, 0.2) is 12.3 Å². The zero-order valence-corrected chi connectivity index (χ0v) is 12.7. The summed E-state index contributed by atoms with van der Waals surface area (Å²) >= 11 is 0. The topological polar surface area (TPSA) is 42.3 Å². The Morgan fingerprint density at radius 1 is 1.42 bits per heavy atom. The second-order valence-corrected chi connectivity index (χ2v) is 5.14. The molecule has 0 saturated heterocycles. The van der Waals surface area contributed by atoms with Crippen LogP contribution in [0.1, 0.15) is 32.0 Å². The molecule has 1 N–H and O–H groups in total. The molecule has 1 atom stereocenters. The Morgan fingerprint density at radius 2 is 2.21 bits per heavy atom. The molecule has 0 radical (unpaired) electrons. The highest BCUT2D eigenvalue weighted by molar-refractivity contribution is 4.99. The van der Waals surface area contributed by atoms with Crippen molar-refractivity contribution in [2.24, 2.45) is 0 Å². The number of hydrogen-bond donors (Lipinski definition) is 1. The van der Waals surface area contributed by atoms with Crippen LogP contribution in [-0.4, -0.2) is 55.1 Å². The van der Waals surface area contributed by atoms with E-state index in [-0.39, 0.29) is 0 Å². The third-order valence-corrected chi connectivity index (χ3v) is 3.12. The van der Waals surface area contributed by atoms with Crippen LogP contribution in [0, 0.1) is 0 Å². The molecule has 0 spiro atoms. The molecule has 1 heterocycles. The van der Waals surface area contributed by atoms with Crippen LogP contribution in [0.5, 0.6) is 0 Å². The number of ether oxygens (including phenoxy) is 1. The van der Waals surface area contributed by atoms with Gasteiger partial charge in [0.05, 0.1) is 18.9 Å². The number of likely N-dealkylation sites (N-methyl/N-ethyl adjacent to an activating group) is 1. The van der Waals surface area contributed by atoms with Gasteiger partial charge in [-0.25, -0.2) is 0 Å². The molecule has 0 aromatic carbocycles. The highest BCUT2D eigenvalue weighted by Crippen LogP contribution is 2.08. The minimum absolute atomic E-state index is 0.475. The average molecular weight is 268 g/mol. The molecular formula is C14H28N4O. The van der Waals surface area contributed by atoms with E-state index < -0.39 is 0 Å². The van der Waals surface area contributed by atoms with E-state index in [2.05, 4.69) is 55.5 Å². The van der Waals surface area contributed by atoms with Gasteiger partial charge in [-0.15, -0.1) is 0 Å². The fraction of sp³-hybridized carbons (Fsp3) is 0.786. The van der Waals surface area contributed by atoms with Gasteiger partial charge in [0.1, 0.15) is 0 Å². The lowest BCUT2D eigenvalue weighted by atomic mass is 10.3. The Labute approximate surface area is 116 Å². The van der Waals surface area contributed by atoms with E-state index in [9.17, 15) is 0 Å². The van der Waals surface area contributed by atoms with Crippen molar-refractivity contribution in [2.45, 2.75) is 32.9 Å². The van der Waals surface area contributed by atoms with Gasteiger partial charge in [0, 0.05) is 31.9 Å². The van der Waals surface area contributed by atoms with Gasteiger partial charge in [-0.2, -0.15) is 5.10 Å². The zero-order valence-electron chi connectivity index (χ0n) is 12.7. The molecule has 110 valence electrons. The summed E-state index contributed by atoms with van der Waals surface area (Å²) in [4.78, 5) is 2.12. The van der Waals surface area contributed by atoms with E-state index in [0.717, 1.165) is 45.0 Å². The van der Waals surface area contributed by atoms with E-state index in [1.807, 2.05) is 4.68 Å². The van der Waals surface area contributed by atoms with Crippen LogP contribution in [0.3, 0.4) is 0 Å². The zero-order chi connectivity index (χ0) is 14.1. The van der Waals surface area contributed by atoms with Crippen LogP contribution in [-0.2, 0) is 11.3 Å². The monoisotopic (exact) mass is 268 g/mol. The fourth-order valence-electron chi connectivity index (χ4n) is 1.61. The summed E-state index contributed by atoms with van der Waals surface area (Å²) in [6, 6.07) is 2.55. The van der Waals surface area contributed by atoms with Gasteiger partial charge in [0.15, 0.2) is 0 Å². The standard InChI is InChI=1S/C14H28N4O/c1-5-13(2)18-8-6-14(16-18)12-15-7-10-19-11-9-17(3)4/h6,8,13,15H,5,7,9-12H2,1-4H3. The summed E-state index contributed by atoms with van der Waals surface area (Å²) in [6.07, 6.45) is 3.16. The lowest BCUT2D eigenvalue weighted by Crippen LogP contribution is -2.23. The van der Waals surface area contributed by atoms with Crippen LogP contribution in [0.25, 0.3) is 0 Å². The van der Waals surface area contributed by atoms with Crippen molar-refractivity contribution >= 4 is 0 Å². The highest BCUT2D eigenvalue weighted by Gasteiger charge is 2.03. The van der Waals surface area contributed by atoms with Crippen molar-refractivity contribution in [2.75, 3.05) is 40.4 Å². The molecule has 0 aliphatic heterocycles. The molecule has 5 nitrogen and oxygen atoms in total. The minimum atomic E-state index is 0.475. The van der Waals surface area contributed by atoms with Crippen molar-refractivity contribution in [3.8, 4) is 0 Å². The van der Waals surface area contributed by atoms with Gasteiger partial charge in [0.25, 0.3) is 0 Å². The first kappa shape index (κ1) is 16.1. The van der Waals surface area contributed by atoms with Crippen LogP contribution >= 0.6 is 0 Å². The Hall–Kier alpha value is -0.910. The van der Waals surface area contributed by atoms with Crippen molar-refractivity contribution in [3.05, 3.63) is 18.0 Å². The van der Waals surface area contributed by atoms with Crippen LogP contribution in [0.4, 0.5) is 0 Å². The lowest BCUT2D eigenvalue weighted by molar-refractivity contribution is 0.119. The molecule has 1 aromatic heterocycles. The van der Waals surface area contributed by atoms with E-state index in [0.29, 0.717) is 6.04 Å². The minimum Gasteiger partial charge on any atom is -0.379 e. The van der Waals surface area contributed by atoms with Gasteiger partial charge in [-0.05, 0) is 33.5 Å². The van der Waals surface area contributed by atoms with E-state index >= 15 is 0 Å². The molecule has 0 fully saturated rings. The van der Waals surface area contributed by atoms with E-state index in [1.54, 1.807) is 0 Å². The molecule has 1 rings (SSSR count). The van der Waals surface area contributed by atoms with Crippen molar-refractivity contribution in [1.29, 1.82) is 0 Å². The maximum Gasteiger partial charge on any atom is 0.0762 e. The summed E-state index contributed by atoms with van der Waals surface area (Å²) in [5, 5.41) is 7.89. The number of nitrogens with zero attached hydrogens (tertiary/aromatic N) is 3. The molecule has 0 bridgehead atoms. The van der Waals surface area contributed by atoms with Gasteiger partial charge in [0.2, 0.25) is 0 Å². The van der Waals surface area contributed by atoms with Gasteiger partial charge in [-0.1, -0.05) is 6.92 Å². The third-order valence-electron chi connectivity index (χ3n) is 3.12. The predicted molar refractivity (Wildman–Crippen MR) is 78.3 cm³/mol. The van der Waals surface area contributed by atoms with Crippen molar-refractivity contribution < 1.29 is 4.74 Å². The maximum atomic E-state index is 5.51. The van der Waals surface area contributed by atoms with Gasteiger partial charge < -0.3 is 15.0 Å². The third kappa shape index (κ3) is 6.71. The smallest absolute Gasteiger partial charge is 0.0762 e. The fourth-order valence-corrected chi connectivity index (χ4v) is 1.61. The number of nitrogens with one attached hydrogen (secondary N) is 1. The number of aromatic nitrogens is 2. The largest absolute Gasteiger partial charge is 0.379 e. The van der Waals surface area contributed by atoms with E-state index in [1.165, 1.54) is 0 Å². The molecule has 19 heavy (non-hydrogen) atoms. The molecule has 1 unspecified atom stereocenters. The Bertz CT molecular complexity index is 338. The summed E-state index contributed by atoms with van der Waals surface area (Å²) in [6.45, 7) is 8.54. The SMILES string of the molecule is CCC(C)n1ccc(CNCCOCCN(C)C)n1. The molecule has 1 aromatic rings. The van der Waals surface area contributed by atoms with E-state index in [4.69, 9.17) is 4.74 Å². The number of hydrogen-bond acceptors (Lipinski definition) is 4. The molecular weight excluding hydrogens is 240 g/mol. The van der Waals surface area contributed by atoms with Crippen molar-refractivity contribution in [3.63, 3.8) is 0 Å². The number of rotatable bonds is 10. The first-order valence-corrected chi connectivity index (χ1v) is 7.10. The normalized spacial score (nSPS) is 13.1. The lowest BCUT2D eigenvalue weighted by Gasteiger charge is -2.10. The van der Waals surface area contributed by atoms with Crippen LogP contribution < -0.4 is 5.32 Å². The summed E-state index contributed by atoms with van der Waals surface area (Å²) in [7, 11) is 4.10.